The average Bonchev–Trinajstić information content (AvgIpc) is 3.07. The van der Waals surface area contributed by atoms with Crippen LogP contribution in [-0.2, 0) is 0 Å². The van der Waals surface area contributed by atoms with Gasteiger partial charge in [-0.3, -0.25) is 5.43 Å². The van der Waals surface area contributed by atoms with E-state index >= 15 is 0 Å². The number of aromatic nitrogens is 1. The van der Waals surface area contributed by atoms with Gasteiger partial charge in [-0.05, 0) is 18.2 Å². The zero-order valence-corrected chi connectivity index (χ0v) is 14.7. The molecule has 0 aliphatic heterocycles. The van der Waals surface area contributed by atoms with Crippen LogP contribution in [0.15, 0.2) is 46.9 Å². The van der Waals surface area contributed by atoms with Crippen LogP contribution in [0.2, 0.25) is 5.02 Å². The fourth-order valence-corrected chi connectivity index (χ4v) is 3.10. The lowest BCUT2D eigenvalue weighted by Gasteiger charge is -2.05. The molecule has 132 valence electrons. The molecule has 1 aromatic heterocycles. The van der Waals surface area contributed by atoms with E-state index in [0.717, 1.165) is 23.9 Å². The Labute approximate surface area is 156 Å². The van der Waals surface area contributed by atoms with Crippen LogP contribution in [0.5, 0.6) is 0 Å². The fraction of sp³-hybridized carbons (Fsp3) is 0. The van der Waals surface area contributed by atoms with Crippen LogP contribution in [0, 0.1) is 5.82 Å². The monoisotopic (exact) mass is 390 g/mol. The van der Waals surface area contributed by atoms with Crippen LogP contribution >= 0.6 is 22.9 Å². The number of carbonyl (C=O) groups is 1. The molecule has 0 amide bonds. The number of nitrogens with zero attached hydrogens (tertiary/aromatic N) is 2. The second-order valence-corrected chi connectivity index (χ2v) is 6.38. The number of rotatable bonds is 5. The molecular formula is C17H12ClFN4O2S. The van der Waals surface area contributed by atoms with Gasteiger partial charge >= 0.3 is 5.97 Å². The van der Waals surface area contributed by atoms with Crippen molar-refractivity contribution in [1.82, 2.24) is 4.98 Å². The number of hydrogen-bond acceptors (Lipinski definition) is 6. The fourth-order valence-electron chi connectivity index (χ4n) is 2.21. The largest absolute Gasteiger partial charge is 0.478 e. The molecule has 3 aromatic rings. The number of nitrogen functional groups attached to an aromatic ring is 1. The molecular weight excluding hydrogens is 379 g/mol. The Hall–Kier alpha value is -2.97. The first-order valence-electron chi connectivity index (χ1n) is 7.28. The van der Waals surface area contributed by atoms with Gasteiger partial charge < -0.3 is 10.8 Å². The summed E-state index contributed by atoms with van der Waals surface area (Å²) in [5, 5.41) is 15.9. The number of nitrogens with one attached hydrogen (secondary N) is 1. The zero-order valence-electron chi connectivity index (χ0n) is 13.1. The second-order valence-electron chi connectivity index (χ2n) is 5.12. The number of hydrazone groups is 1. The number of thiazole rings is 1. The Kier molecular flexibility index (Phi) is 5.15. The van der Waals surface area contributed by atoms with Crippen LogP contribution in [0.4, 0.5) is 15.2 Å². The van der Waals surface area contributed by atoms with Crippen molar-refractivity contribution in [3.05, 3.63) is 63.7 Å². The van der Waals surface area contributed by atoms with E-state index in [4.69, 9.17) is 22.4 Å². The minimum atomic E-state index is -1.23. The summed E-state index contributed by atoms with van der Waals surface area (Å²) in [6.07, 6.45) is 1.15. The normalized spacial score (nSPS) is 11.0. The number of nitrogens with two attached hydrogens (primary N) is 1. The van der Waals surface area contributed by atoms with Crippen molar-refractivity contribution in [2.75, 3.05) is 11.2 Å². The molecule has 0 saturated carbocycles. The van der Waals surface area contributed by atoms with Gasteiger partial charge in [-0.25, -0.2) is 14.2 Å². The van der Waals surface area contributed by atoms with Gasteiger partial charge in [0.05, 0.1) is 23.2 Å². The highest BCUT2D eigenvalue weighted by atomic mass is 35.5. The van der Waals surface area contributed by atoms with Gasteiger partial charge in [-0.15, -0.1) is 11.3 Å². The quantitative estimate of drug-likeness (QED) is 0.342. The molecule has 9 heteroatoms. The van der Waals surface area contributed by atoms with Gasteiger partial charge in [0, 0.05) is 21.5 Å². The Morgan fingerprint density at radius 3 is 2.85 bits per heavy atom. The summed E-state index contributed by atoms with van der Waals surface area (Å²) < 4.78 is 13.6. The number of halogens is 2. The Bertz CT molecular complexity index is 1010. The van der Waals surface area contributed by atoms with Crippen LogP contribution < -0.4 is 11.2 Å². The number of carboxylic acid groups (broad SMARTS) is 1. The van der Waals surface area contributed by atoms with Gasteiger partial charge in [0.2, 0.25) is 5.13 Å². The molecule has 0 unspecified atom stereocenters. The van der Waals surface area contributed by atoms with E-state index in [1.165, 1.54) is 11.3 Å². The topological polar surface area (TPSA) is 101 Å². The standard InChI is InChI=1S/C17H12ClFN4O2S/c18-12-4-2-1-3-10(12)14-8-26-17(22-14)23-21-7-11-9(16(24)25)5-6-13(19)15(11)20/h1-8H,20H2,(H,22,23)(H,24,25). The highest BCUT2D eigenvalue weighted by molar-refractivity contribution is 7.14. The van der Waals surface area contributed by atoms with E-state index in [1.807, 2.05) is 18.2 Å². The molecule has 0 radical (unpaired) electrons. The first-order chi connectivity index (χ1) is 12.5. The molecule has 0 bridgehead atoms. The van der Waals surface area contributed by atoms with Crippen LogP contribution in [-0.4, -0.2) is 22.3 Å². The summed E-state index contributed by atoms with van der Waals surface area (Å²) in [6.45, 7) is 0. The first kappa shape index (κ1) is 17.8. The van der Waals surface area contributed by atoms with Crippen molar-refractivity contribution < 1.29 is 14.3 Å². The van der Waals surface area contributed by atoms with Gasteiger partial charge in [-0.2, -0.15) is 5.10 Å². The molecule has 1 heterocycles. The van der Waals surface area contributed by atoms with Gasteiger partial charge in [-0.1, -0.05) is 29.8 Å². The van der Waals surface area contributed by atoms with E-state index in [-0.39, 0.29) is 16.8 Å². The molecule has 0 spiro atoms. The Morgan fingerprint density at radius 1 is 1.35 bits per heavy atom. The maximum absolute atomic E-state index is 13.6. The van der Waals surface area contributed by atoms with Crippen molar-refractivity contribution in [1.29, 1.82) is 0 Å². The Balaban J connectivity index is 1.82. The number of carboxylic acids is 1. The van der Waals surface area contributed by atoms with E-state index in [2.05, 4.69) is 15.5 Å². The van der Waals surface area contributed by atoms with Gasteiger partial charge in [0.1, 0.15) is 5.82 Å². The average molecular weight is 391 g/mol. The van der Waals surface area contributed by atoms with E-state index in [9.17, 15) is 9.18 Å². The van der Waals surface area contributed by atoms with Crippen molar-refractivity contribution in [3.8, 4) is 11.3 Å². The van der Waals surface area contributed by atoms with Gasteiger partial charge in [0.15, 0.2) is 0 Å². The van der Waals surface area contributed by atoms with E-state index in [0.29, 0.717) is 15.8 Å². The summed E-state index contributed by atoms with van der Waals surface area (Å²) in [5.74, 6) is -1.94. The lowest BCUT2D eigenvalue weighted by molar-refractivity contribution is 0.0697. The molecule has 6 nitrogen and oxygen atoms in total. The summed E-state index contributed by atoms with van der Waals surface area (Å²) in [4.78, 5) is 15.6. The summed E-state index contributed by atoms with van der Waals surface area (Å²) in [7, 11) is 0. The van der Waals surface area contributed by atoms with Crippen LogP contribution in [0.25, 0.3) is 11.3 Å². The highest BCUT2D eigenvalue weighted by Gasteiger charge is 2.14. The smallest absolute Gasteiger partial charge is 0.336 e. The SMILES string of the molecule is Nc1c(F)ccc(C(=O)O)c1C=NNc1nc(-c2ccccc2Cl)cs1. The predicted molar refractivity (Wildman–Crippen MR) is 102 cm³/mol. The third-order valence-electron chi connectivity index (χ3n) is 3.47. The molecule has 0 fully saturated rings. The van der Waals surface area contributed by atoms with Crippen LogP contribution in [0.1, 0.15) is 15.9 Å². The predicted octanol–water partition coefficient (Wildman–Crippen LogP) is 4.33. The summed E-state index contributed by atoms with van der Waals surface area (Å²) >= 11 is 7.43. The lowest BCUT2D eigenvalue weighted by Crippen LogP contribution is -2.08. The number of benzene rings is 2. The molecule has 26 heavy (non-hydrogen) atoms. The highest BCUT2D eigenvalue weighted by Crippen LogP contribution is 2.30. The molecule has 2 aromatic carbocycles. The molecule has 0 saturated heterocycles. The Morgan fingerprint density at radius 2 is 2.12 bits per heavy atom. The van der Waals surface area contributed by atoms with Crippen molar-refractivity contribution in [2.45, 2.75) is 0 Å². The van der Waals surface area contributed by atoms with E-state index in [1.54, 1.807) is 11.4 Å². The molecule has 3 rings (SSSR count). The molecule has 4 N–H and O–H groups in total. The molecule has 0 atom stereocenters. The minimum Gasteiger partial charge on any atom is -0.478 e. The van der Waals surface area contributed by atoms with Crippen LogP contribution in [0.3, 0.4) is 0 Å². The number of hydrogen-bond donors (Lipinski definition) is 3. The zero-order chi connectivity index (χ0) is 18.7. The number of anilines is 2. The van der Waals surface area contributed by atoms with Crippen molar-refractivity contribution in [3.63, 3.8) is 0 Å². The summed E-state index contributed by atoms with van der Waals surface area (Å²) in [6, 6.07) is 9.42. The van der Waals surface area contributed by atoms with Gasteiger partial charge in [0.25, 0.3) is 0 Å². The number of aromatic carboxylic acids is 1. The third-order valence-corrected chi connectivity index (χ3v) is 4.55. The maximum Gasteiger partial charge on any atom is 0.336 e. The molecule has 0 aliphatic rings. The summed E-state index contributed by atoms with van der Waals surface area (Å²) in [5.41, 5.74) is 9.29. The maximum atomic E-state index is 13.6. The third kappa shape index (κ3) is 3.66. The lowest BCUT2D eigenvalue weighted by atomic mass is 10.1. The van der Waals surface area contributed by atoms with Crippen molar-refractivity contribution in [2.24, 2.45) is 5.10 Å². The van der Waals surface area contributed by atoms with Crippen molar-refractivity contribution >= 4 is 45.9 Å². The van der Waals surface area contributed by atoms with E-state index < -0.39 is 11.8 Å². The first-order valence-corrected chi connectivity index (χ1v) is 8.54. The molecule has 0 aliphatic carbocycles. The minimum absolute atomic E-state index is 0.0205. The second kappa shape index (κ2) is 7.51.